The molecular formula is C21H34O2. The Morgan fingerprint density at radius 1 is 1.00 bits per heavy atom. The Balaban J connectivity index is 1.57. The van der Waals surface area contributed by atoms with E-state index in [1.165, 1.54) is 51.4 Å². The number of fused-ring (bicyclic) bond motifs is 5. The summed E-state index contributed by atoms with van der Waals surface area (Å²) in [6.45, 7) is 6.70. The van der Waals surface area contributed by atoms with Crippen molar-refractivity contribution in [1.29, 1.82) is 0 Å². The number of rotatable bonds is 1. The summed E-state index contributed by atoms with van der Waals surface area (Å²) in [5, 5.41) is 0. The molecule has 130 valence electrons. The van der Waals surface area contributed by atoms with Gasteiger partial charge < -0.3 is 4.74 Å². The van der Waals surface area contributed by atoms with Crippen molar-refractivity contribution < 1.29 is 9.53 Å². The summed E-state index contributed by atoms with van der Waals surface area (Å²) in [6.07, 6.45) is 14.0. The van der Waals surface area contributed by atoms with Crippen LogP contribution in [0.5, 0.6) is 0 Å². The first kappa shape index (κ1) is 16.0. The highest BCUT2D eigenvalue weighted by Crippen LogP contribution is 2.66. The Kier molecular flexibility index (Phi) is 3.81. The second kappa shape index (κ2) is 5.49. The molecule has 0 radical (unpaired) electrons. The van der Waals surface area contributed by atoms with Crippen LogP contribution in [0.2, 0.25) is 0 Å². The zero-order valence-electron chi connectivity index (χ0n) is 15.3. The van der Waals surface area contributed by atoms with Gasteiger partial charge in [0.15, 0.2) is 0 Å². The summed E-state index contributed by atoms with van der Waals surface area (Å²) in [6, 6.07) is 0. The number of carbonyl (C=O) groups excluding carboxylic acids is 1. The minimum atomic E-state index is -0.0863. The smallest absolute Gasteiger partial charge is 0.302 e. The van der Waals surface area contributed by atoms with E-state index >= 15 is 0 Å². The molecule has 0 N–H and O–H groups in total. The van der Waals surface area contributed by atoms with Crippen molar-refractivity contribution >= 4 is 5.97 Å². The summed E-state index contributed by atoms with van der Waals surface area (Å²) < 4.78 is 5.64. The molecule has 4 aliphatic carbocycles. The molecule has 0 aromatic rings. The molecule has 4 rings (SSSR count). The minimum Gasteiger partial charge on any atom is -0.463 e. The average molecular weight is 319 g/mol. The van der Waals surface area contributed by atoms with Gasteiger partial charge in [-0.25, -0.2) is 0 Å². The first-order chi connectivity index (χ1) is 10.9. The van der Waals surface area contributed by atoms with Gasteiger partial charge in [0.25, 0.3) is 0 Å². The van der Waals surface area contributed by atoms with Gasteiger partial charge in [-0.05, 0) is 85.9 Å². The number of hydrogen-bond acceptors (Lipinski definition) is 2. The summed E-state index contributed by atoms with van der Waals surface area (Å²) >= 11 is 0. The molecule has 4 fully saturated rings. The van der Waals surface area contributed by atoms with E-state index in [1.54, 1.807) is 6.92 Å². The second-order valence-corrected chi connectivity index (χ2v) is 9.77. The third kappa shape index (κ3) is 2.46. The molecule has 23 heavy (non-hydrogen) atoms. The van der Waals surface area contributed by atoms with Crippen LogP contribution in [-0.4, -0.2) is 12.1 Å². The lowest BCUT2D eigenvalue weighted by molar-refractivity contribution is -0.146. The standard InChI is InChI=1S/C21H34O2/c1-14(22)23-16-12-19-17-8-7-15-6-4-5-10-21(15,3)18(17)9-11-20(19,2)13-16/h15-19H,4-13H2,1-3H3/t15-,16-,17+,18+,19+,20-,21-/m0/s1. The normalized spacial score (nSPS) is 52.2. The number of ether oxygens (including phenoxy) is 1. The Hall–Kier alpha value is -0.530. The van der Waals surface area contributed by atoms with Crippen LogP contribution < -0.4 is 0 Å². The summed E-state index contributed by atoms with van der Waals surface area (Å²) in [4.78, 5) is 11.4. The van der Waals surface area contributed by atoms with Gasteiger partial charge in [0.05, 0.1) is 0 Å². The lowest BCUT2D eigenvalue weighted by atomic mass is 9.45. The molecule has 4 aliphatic rings. The van der Waals surface area contributed by atoms with E-state index in [0.717, 1.165) is 36.5 Å². The lowest BCUT2D eigenvalue weighted by Gasteiger charge is -2.59. The highest BCUT2D eigenvalue weighted by Gasteiger charge is 2.59. The monoisotopic (exact) mass is 318 g/mol. The third-order valence-corrected chi connectivity index (χ3v) is 8.64. The predicted octanol–water partition coefficient (Wildman–Crippen LogP) is 5.35. The maximum atomic E-state index is 11.4. The zero-order chi connectivity index (χ0) is 16.2. The predicted molar refractivity (Wildman–Crippen MR) is 91.9 cm³/mol. The fourth-order valence-electron chi connectivity index (χ4n) is 7.61. The highest BCUT2D eigenvalue weighted by atomic mass is 16.5. The van der Waals surface area contributed by atoms with Gasteiger partial charge in [-0.2, -0.15) is 0 Å². The van der Waals surface area contributed by atoms with E-state index < -0.39 is 0 Å². The van der Waals surface area contributed by atoms with Gasteiger partial charge in [-0.3, -0.25) is 4.79 Å². The summed E-state index contributed by atoms with van der Waals surface area (Å²) in [5.41, 5.74) is 1.04. The fourth-order valence-corrected chi connectivity index (χ4v) is 7.61. The quantitative estimate of drug-likeness (QED) is 0.609. The molecular weight excluding hydrogens is 284 g/mol. The van der Waals surface area contributed by atoms with Crippen LogP contribution in [0.3, 0.4) is 0 Å². The molecule has 0 saturated heterocycles. The molecule has 0 aromatic carbocycles. The maximum Gasteiger partial charge on any atom is 0.302 e. The lowest BCUT2D eigenvalue weighted by Crippen LogP contribution is -2.51. The van der Waals surface area contributed by atoms with Crippen LogP contribution >= 0.6 is 0 Å². The molecule has 0 aliphatic heterocycles. The van der Waals surface area contributed by atoms with Crippen LogP contribution in [0, 0.1) is 34.5 Å². The molecule has 0 aromatic heterocycles. The van der Waals surface area contributed by atoms with Crippen LogP contribution in [0.15, 0.2) is 0 Å². The van der Waals surface area contributed by atoms with Crippen molar-refractivity contribution in [3.8, 4) is 0 Å². The minimum absolute atomic E-state index is 0.0863. The van der Waals surface area contributed by atoms with E-state index in [4.69, 9.17) is 4.74 Å². The van der Waals surface area contributed by atoms with Crippen molar-refractivity contribution in [3.05, 3.63) is 0 Å². The van der Waals surface area contributed by atoms with E-state index in [0.29, 0.717) is 10.8 Å². The average Bonchev–Trinajstić information content (AvgIpc) is 2.81. The highest BCUT2D eigenvalue weighted by molar-refractivity contribution is 5.66. The largest absolute Gasteiger partial charge is 0.463 e. The van der Waals surface area contributed by atoms with E-state index in [9.17, 15) is 4.79 Å². The van der Waals surface area contributed by atoms with Crippen LogP contribution in [-0.2, 0) is 9.53 Å². The number of esters is 1. The van der Waals surface area contributed by atoms with Crippen molar-refractivity contribution in [2.45, 2.75) is 91.1 Å². The summed E-state index contributed by atoms with van der Waals surface area (Å²) in [5.74, 6) is 3.54. The fraction of sp³-hybridized carbons (Fsp3) is 0.952. The van der Waals surface area contributed by atoms with Gasteiger partial charge in [0.1, 0.15) is 6.10 Å². The molecule has 2 nitrogen and oxygen atoms in total. The van der Waals surface area contributed by atoms with Crippen LogP contribution in [0.25, 0.3) is 0 Å². The van der Waals surface area contributed by atoms with Crippen molar-refractivity contribution in [2.24, 2.45) is 34.5 Å². The van der Waals surface area contributed by atoms with Crippen molar-refractivity contribution in [2.75, 3.05) is 0 Å². The second-order valence-electron chi connectivity index (χ2n) is 9.77. The van der Waals surface area contributed by atoms with E-state index in [1.807, 2.05) is 0 Å². The Morgan fingerprint density at radius 2 is 1.83 bits per heavy atom. The van der Waals surface area contributed by atoms with Gasteiger partial charge >= 0.3 is 5.97 Å². The molecule has 0 bridgehead atoms. The molecule has 0 heterocycles. The Bertz CT molecular complexity index is 486. The zero-order valence-corrected chi connectivity index (χ0v) is 15.3. The first-order valence-electron chi connectivity index (χ1n) is 10.1. The number of hydrogen-bond donors (Lipinski definition) is 0. The third-order valence-electron chi connectivity index (χ3n) is 8.64. The van der Waals surface area contributed by atoms with Crippen LogP contribution in [0.1, 0.15) is 85.0 Å². The van der Waals surface area contributed by atoms with Gasteiger partial charge in [0, 0.05) is 6.92 Å². The molecule has 0 amide bonds. The first-order valence-corrected chi connectivity index (χ1v) is 10.1. The van der Waals surface area contributed by atoms with Crippen LogP contribution in [0.4, 0.5) is 0 Å². The van der Waals surface area contributed by atoms with Gasteiger partial charge in [0.2, 0.25) is 0 Å². The molecule has 4 saturated carbocycles. The Labute approximate surface area is 141 Å². The molecule has 2 heteroatoms. The topological polar surface area (TPSA) is 26.3 Å². The molecule has 0 unspecified atom stereocenters. The number of carbonyl (C=O) groups is 1. The van der Waals surface area contributed by atoms with Crippen molar-refractivity contribution in [3.63, 3.8) is 0 Å². The maximum absolute atomic E-state index is 11.4. The Morgan fingerprint density at radius 3 is 2.61 bits per heavy atom. The molecule has 0 spiro atoms. The molecule has 7 atom stereocenters. The summed E-state index contributed by atoms with van der Waals surface area (Å²) in [7, 11) is 0. The van der Waals surface area contributed by atoms with Crippen molar-refractivity contribution in [1.82, 2.24) is 0 Å². The van der Waals surface area contributed by atoms with Gasteiger partial charge in [-0.15, -0.1) is 0 Å². The SMILES string of the molecule is CC(=O)O[C@H]1C[C@@H]2[C@@H]3CC[C@@H]4CCCC[C@]4(C)[C@@H]3CC[C@@]2(C)C1. The van der Waals surface area contributed by atoms with Gasteiger partial charge in [-0.1, -0.05) is 26.7 Å². The van der Waals surface area contributed by atoms with E-state index in [-0.39, 0.29) is 12.1 Å². The van der Waals surface area contributed by atoms with E-state index in [2.05, 4.69) is 13.8 Å².